The molecule has 0 amide bonds. The second-order valence-corrected chi connectivity index (χ2v) is 18.8. The fraction of sp³-hybridized carbons (Fsp3) is 0.942. The Bertz CT molecular complexity index is 885. The van der Waals surface area contributed by atoms with Crippen molar-refractivity contribution in [2.45, 2.75) is 291 Å². The van der Waals surface area contributed by atoms with Gasteiger partial charge >= 0.3 is 17.9 Å². The predicted octanol–water partition coefficient (Wildman–Crippen LogP) is 16.5. The van der Waals surface area contributed by atoms with E-state index in [0.717, 1.165) is 69.6 Å². The molecule has 0 aliphatic heterocycles. The molecule has 0 heterocycles. The Balaban J connectivity index is 4.32. The fourth-order valence-corrected chi connectivity index (χ4v) is 7.81. The lowest BCUT2D eigenvalue weighted by Gasteiger charge is -2.18. The summed E-state index contributed by atoms with van der Waals surface area (Å²) < 4.78 is 16.8. The topological polar surface area (TPSA) is 78.9 Å². The van der Waals surface area contributed by atoms with Crippen molar-refractivity contribution in [2.75, 3.05) is 13.2 Å². The number of rotatable bonds is 46. The second kappa shape index (κ2) is 44.9. The van der Waals surface area contributed by atoms with Crippen LogP contribution in [-0.2, 0) is 28.6 Å². The van der Waals surface area contributed by atoms with E-state index >= 15 is 0 Å². The molecule has 0 fully saturated rings. The molecule has 6 heteroatoms. The third-order valence-corrected chi connectivity index (χ3v) is 11.7. The molecule has 0 unspecified atom stereocenters. The van der Waals surface area contributed by atoms with E-state index in [4.69, 9.17) is 14.2 Å². The van der Waals surface area contributed by atoms with Gasteiger partial charge in [-0.3, -0.25) is 14.4 Å². The molecule has 344 valence electrons. The first-order valence-corrected chi connectivity index (χ1v) is 25.7. The summed E-state index contributed by atoms with van der Waals surface area (Å²) in [6.45, 7) is 11.4. The molecule has 0 saturated carbocycles. The Kier molecular flexibility index (Phi) is 43.7. The van der Waals surface area contributed by atoms with Crippen molar-refractivity contribution in [1.29, 1.82) is 0 Å². The molecule has 0 aromatic heterocycles. The van der Waals surface area contributed by atoms with Crippen LogP contribution in [-0.4, -0.2) is 37.2 Å². The summed E-state index contributed by atoms with van der Waals surface area (Å²) in [6, 6.07) is 0. The van der Waals surface area contributed by atoms with Gasteiger partial charge in [0.1, 0.15) is 13.2 Å². The van der Waals surface area contributed by atoms with Crippen LogP contribution in [0.3, 0.4) is 0 Å². The predicted molar refractivity (Wildman–Crippen MR) is 247 cm³/mol. The highest BCUT2D eigenvalue weighted by Crippen LogP contribution is 2.17. The molecule has 0 radical (unpaired) electrons. The molecule has 0 N–H and O–H groups in total. The first-order valence-electron chi connectivity index (χ1n) is 25.7. The first-order chi connectivity index (χ1) is 28.2. The Hall–Kier alpha value is -1.59. The highest BCUT2D eigenvalue weighted by atomic mass is 16.6. The monoisotopic (exact) mass is 821 g/mol. The SMILES string of the molecule is CCCCCCCCCCCCCCCC(=O)OC[C@@H](COC(=O)CCCCCCCCCCCCCC(C)C)OC(=O)CCCCCCCCCCCCC(C)C. The minimum Gasteiger partial charge on any atom is -0.462 e. The minimum absolute atomic E-state index is 0.0638. The molecule has 0 aliphatic carbocycles. The van der Waals surface area contributed by atoms with Crippen LogP contribution in [0.2, 0.25) is 0 Å². The van der Waals surface area contributed by atoms with E-state index < -0.39 is 6.10 Å². The molecule has 0 spiro atoms. The van der Waals surface area contributed by atoms with Gasteiger partial charge in [0.25, 0.3) is 0 Å². The van der Waals surface area contributed by atoms with Gasteiger partial charge in [0.2, 0.25) is 0 Å². The third-order valence-electron chi connectivity index (χ3n) is 11.7. The summed E-state index contributed by atoms with van der Waals surface area (Å²) >= 11 is 0. The van der Waals surface area contributed by atoms with Crippen molar-refractivity contribution >= 4 is 17.9 Å². The van der Waals surface area contributed by atoms with Gasteiger partial charge in [-0.1, -0.05) is 247 Å². The zero-order chi connectivity index (χ0) is 42.6. The highest BCUT2D eigenvalue weighted by molar-refractivity contribution is 5.71. The lowest BCUT2D eigenvalue weighted by molar-refractivity contribution is -0.167. The summed E-state index contributed by atoms with van der Waals surface area (Å²) in [5.74, 6) is 0.794. The lowest BCUT2D eigenvalue weighted by atomic mass is 10.0. The Morgan fingerprint density at radius 1 is 0.328 bits per heavy atom. The normalized spacial score (nSPS) is 12.1. The largest absolute Gasteiger partial charge is 0.462 e. The Morgan fingerprint density at radius 3 is 0.845 bits per heavy atom. The fourth-order valence-electron chi connectivity index (χ4n) is 7.81. The third kappa shape index (κ3) is 45.5. The van der Waals surface area contributed by atoms with Gasteiger partial charge in [0.05, 0.1) is 0 Å². The van der Waals surface area contributed by atoms with Crippen LogP contribution in [0.15, 0.2) is 0 Å². The van der Waals surface area contributed by atoms with Crippen LogP contribution in [0.4, 0.5) is 0 Å². The van der Waals surface area contributed by atoms with E-state index in [0.29, 0.717) is 19.3 Å². The van der Waals surface area contributed by atoms with Gasteiger partial charge in [-0.05, 0) is 31.1 Å². The molecular weight excluding hydrogens is 721 g/mol. The molecule has 0 bridgehead atoms. The van der Waals surface area contributed by atoms with Crippen molar-refractivity contribution in [2.24, 2.45) is 11.8 Å². The number of unbranched alkanes of at least 4 members (excludes halogenated alkanes) is 31. The van der Waals surface area contributed by atoms with Crippen LogP contribution in [0.1, 0.15) is 285 Å². The van der Waals surface area contributed by atoms with Crippen LogP contribution < -0.4 is 0 Å². The molecule has 0 rings (SSSR count). The van der Waals surface area contributed by atoms with Crippen molar-refractivity contribution in [3.8, 4) is 0 Å². The highest BCUT2D eigenvalue weighted by Gasteiger charge is 2.19. The van der Waals surface area contributed by atoms with Gasteiger partial charge in [-0.15, -0.1) is 0 Å². The zero-order valence-electron chi connectivity index (χ0n) is 39.7. The number of hydrogen-bond acceptors (Lipinski definition) is 6. The Labute approximate surface area is 361 Å². The maximum atomic E-state index is 12.8. The van der Waals surface area contributed by atoms with Crippen LogP contribution in [0, 0.1) is 11.8 Å². The van der Waals surface area contributed by atoms with E-state index in [9.17, 15) is 14.4 Å². The summed E-state index contributed by atoms with van der Waals surface area (Å²) in [6.07, 6.45) is 45.1. The van der Waals surface area contributed by atoms with E-state index in [1.54, 1.807) is 0 Å². The van der Waals surface area contributed by atoms with E-state index in [2.05, 4.69) is 34.6 Å². The molecular formula is C52H100O6. The molecule has 0 aliphatic rings. The number of esters is 3. The number of hydrogen-bond donors (Lipinski definition) is 0. The molecule has 0 aromatic carbocycles. The maximum Gasteiger partial charge on any atom is 0.306 e. The number of carbonyl (C=O) groups is 3. The molecule has 58 heavy (non-hydrogen) atoms. The zero-order valence-corrected chi connectivity index (χ0v) is 39.7. The molecule has 0 saturated heterocycles. The van der Waals surface area contributed by atoms with Crippen LogP contribution in [0.25, 0.3) is 0 Å². The van der Waals surface area contributed by atoms with Crippen molar-refractivity contribution in [1.82, 2.24) is 0 Å². The van der Waals surface area contributed by atoms with Crippen LogP contribution in [0.5, 0.6) is 0 Å². The summed E-state index contributed by atoms with van der Waals surface area (Å²) in [4.78, 5) is 37.9. The average molecular weight is 821 g/mol. The second-order valence-electron chi connectivity index (χ2n) is 18.8. The average Bonchev–Trinajstić information content (AvgIpc) is 3.19. The standard InChI is InChI=1S/C52H100O6/c1-6-7-8-9-10-11-12-13-16-22-27-32-37-42-50(53)56-45-49(58-52(55)44-39-34-29-24-19-18-21-26-31-36-41-48(4)5)46-57-51(54)43-38-33-28-23-17-14-15-20-25-30-35-40-47(2)3/h47-49H,6-46H2,1-5H3/t49-/m0/s1. The lowest BCUT2D eigenvalue weighted by Crippen LogP contribution is -2.30. The van der Waals surface area contributed by atoms with Gasteiger partial charge in [0, 0.05) is 19.3 Å². The molecule has 1 atom stereocenters. The van der Waals surface area contributed by atoms with Crippen molar-refractivity contribution in [3.63, 3.8) is 0 Å². The molecule has 6 nitrogen and oxygen atoms in total. The van der Waals surface area contributed by atoms with Gasteiger partial charge < -0.3 is 14.2 Å². The maximum absolute atomic E-state index is 12.8. The summed E-state index contributed by atoms with van der Waals surface area (Å²) in [5.41, 5.74) is 0. The van der Waals surface area contributed by atoms with Gasteiger partial charge in [-0.2, -0.15) is 0 Å². The van der Waals surface area contributed by atoms with Crippen molar-refractivity contribution < 1.29 is 28.6 Å². The van der Waals surface area contributed by atoms with Gasteiger partial charge in [-0.25, -0.2) is 0 Å². The Morgan fingerprint density at radius 2 is 0.569 bits per heavy atom. The van der Waals surface area contributed by atoms with E-state index in [1.807, 2.05) is 0 Å². The summed E-state index contributed by atoms with van der Waals surface area (Å²) in [5, 5.41) is 0. The minimum atomic E-state index is -0.761. The van der Waals surface area contributed by atoms with Crippen molar-refractivity contribution in [3.05, 3.63) is 0 Å². The first kappa shape index (κ1) is 56.4. The van der Waals surface area contributed by atoms with E-state index in [-0.39, 0.29) is 31.1 Å². The summed E-state index contributed by atoms with van der Waals surface area (Å²) in [7, 11) is 0. The van der Waals surface area contributed by atoms with Crippen LogP contribution >= 0.6 is 0 Å². The number of carbonyl (C=O) groups excluding carboxylic acids is 3. The smallest absolute Gasteiger partial charge is 0.306 e. The van der Waals surface area contributed by atoms with Gasteiger partial charge in [0.15, 0.2) is 6.10 Å². The number of ether oxygens (including phenoxy) is 3. The molecule has 0 aromatic rings. The quantitative estimate of drug-likeness (QED) is 0.0346. The van der Waals surface area contributed by atoms with E-state index in [1.165, 1.54) is 173 Å².